The SMILES string of the molecule is O=C(NCCc1cnn(-c2ccccc2)c1)[C@H]1CC=CCC1. The number of amides is 1. The van der Waals surface area contributed by atoms with Crippen molar-refractivity contribution in [2.75, 3.05) is 6.54 Å². The van der Waals surface area contributed by atoms with Crippen molar-refractivity contribution in [3.8, 4) is 5.69 Å². The summed E-state index contributed by atoms with van der Waals surface area (Å²) in [7, 11) is 0. The molecular formula is C18H21N3O. The van der Waals surface area contributed by atoms with Crippen LogP contribution >= 0.6 is 0 Å². The number of nitrogens with one attached hydrogen (secondary N) is 1. The summed E-state index contributed by atoms with van der Waals surface area (Å²) in [5.74, 6) is 0.330. The van der Waals surface area contributed by atoms with Gasteiger partial charge in [-0.1, -0.05) is 30.4 Å². The third kappa shape index (κ3) is 3.64. The van der Waals surface area contributed by atoms with E-state index in [-0.39, 0.29) is 11.8 Å². The Hall–Kier alpha value is -2.36. The smallest absolute Gasteiger partial charge is 0.223 e. The van der Waals surface area contributed by atoms with Crippen molar-refractivity contribution in [3.63, 3.8) is 0 Å². The van der Waals surface area contributed by atoms with Gasteiger partial charge in [-0.05, 0) is 43.4 Å². The minimum absolute atomic E-state index is 0.150. The molecule has 0 saturated heterocycles. The number of hydrogen-bond donors (Lipinski definition) is 1. The molecule has 4 heteroatoms. The van der Waals surface area contributed by atoms with Crippen LogP contribution < -0.4 is 5.32 Å². The summed E-state index contributed by atoms with van der Waals surface area (Å²) in [4.78, 5) is 12.0. The summed E-state index contributed by atoms with van der Waals surface area (Å²) < 4.78 is 1.86. The molecule has 1 aromatic carbocycles. The van der Waals surface area contributed by atoms with Gasteiger partial charge in [0.25, 0.3) is 0 Å². The van der Waals surface area contributed by atoms with Crippen molar-refractivity contribution in [2.45, 2.75) is 25.7 Å². The highest BCUT2D eigenvalue weighted by Gasteiger charge is 2.17. The molecule has 0 fully saturated rings. The second-order valence-corrected chi connectivity index (χ2v) is 5.65. The van der Waals surface area contributed by atoms with E-state index >= 15 is 0 Å². The van der Waals surface area contributed by atoms with E-state index in [1.165, 1.54) is 0 Å². The molecule has 0 radical (unpaired) electrons. The first kappa shape index (κ1) is 14.6. The van der Waals surface area contributed by atoms with Crippen molar-refractivity contribution >= 4 is 5.91 Å². The first-order chi connectivity index (χ1) is 10.8. The van der Waals surface area contributed by atoms with Gasteiger partial charge in [0.15, 0.2) is 0 Å². The number of carbonyl (C=O) groups is 1. The Morgan fingerprint density at radius 1 is 1.27 bits per heavy atom. The van der Waals surface area contributed by atoms with Crippen molar-refractivity contribution in [1.82, 2.24) is 15.1 Å². The Labute approximate surface area is 130 Å². The first-order valence-corrected chi connectivity index (χ1v) is 7.84. The lowest BCUT2D eigenvalue weighted by Gasteiger charge is -2.16. The zero-order chi connectivity index (χ0) is 15.2. The van der Waals surface area contributed by atoms with Gasteiger partial charge in [0, 0.05) is 18.7 Å². The molecule has 1 aliphatic carbocycles. The van der Waals surface area contributed by atoms with E-state index < -0.39 is 0 Å². The van der Waals surface area contributed by atoms with Crippen molar-refractivity contribution in [1.29, 1.82) is 0 Å². The number of aromatic nitrogens is 2. The standard InChI is InChI=1S/C18H21N3O/c22-18(16-7-3-1-4-8-16)19-12-11-15-13-20-21(14-15)17-9-5-2-6-10-17/h1-3,5-6,9-10,13-14,16H,4,7-8,11-12H2,(H,19,22)/t16-/m0/s1. The van der Waals surface area contributed by atoms with Crippen LogP contribution in [0.25, 0.3) is 5.69 Å². The molecule has 0 unspecified atom stereocenters. The lowest BCUT2D eigenvalue weighted by molar-refractivity contribution is -0.125. The highest BCUT2D eigenvalue weighted by Crippen LogP contribution is 2.17. The maximum Gasteiger partial charge on any atom is 0.223 e. The van der Waals surface area contributed by atoms with Gasteiger partial charge in [-0.3, -0.25) is 4.79 Å². The van der Waals surface area contributed by atoms with Crippen LogP contribution in [0, 0.1) is 5.92 Å². The highest BCUT2D eigenvalue weighted by atomic mass is 16.1. The third-order valence-electron chi connectivity index (χ3n) is 4.01. The highest BCUT2D eigenvalue weighted by molar-refractivity contribution is 5.78. The maximum atomic E-state index is 12.0. The average Bonchev–Trinajstić information content (AvgIpc) is 3.05. The Balaban J connectivity index is 1.49. The summed E-state index contributed by atoms with van der Waals surface area (Å²) in [5, 5.41) is 7.41. The average molecular weight is 295 g/mol. The van der Waals surface area contributed by atoms with E-state index in [2.05, 4.69) is 22.6 Å². The second kappa shape index (κ2) is 7.07. The molecular weight excluding hydrogens is 274 g/mol. The summed E-state index contributed by atoms with van der Waals surface area (Å²) in [6.45, 7) is 0.666. The zero-order valence-electron chi connectivity index (χ0n) is 12.6. The molecule has 0 bridgehead atoms. The molecule has 114 valence electrons. The van der Waals surface area contributed by atoms with Crippen molar-refractivity contribution in [3.05, 3.63) is 60.4 Å². The number of nitrogens with zero attached hydrogens (tertiary/aromatic N) is 2. The summed E-state index contributed by atoms with van der Waals surface area (Å²) in [5.41, 5.74) is 2.18. The summed E-state index contributed by atoms with van der Waals surface area (Å²) in [6, 6.07) is 10.0. The van der Waals surface area contributed by atoms with Crippen LogP contribution in [0.4, 0.5) is 0 Å². The van der Waals surface area contributed by atoms with E-state index in [9.17, 15) is 4.79 Å². The van der Waals surface area contributed by atoms with Crippen LogP contribution in [0.2, 0.25) is 0 Å². The molecule has 0 spiro atoms. The minimum atomic E-state index is 0.150. The van der Waals surface area contributed by atoms with Gasteiger partial charge < -0.3 is 5.32 Å². The molecule has 0 saturated carbocycles. The topological polar surface area (TPSA) is 46.9 Å². The van der Waals surface area contributed by atoms with Gasteiger partial charge in [-0.15, -0.1) is 0 Å². The zero-order valence-corrected chi connectivity index (χ0v) is 12.6. The Bertz CT molecular complexity index is 645. The largest absolute Gasteiger partial charge is 0.356 e. The Morgan fingerprint density at radius 2 is 2.14 bits per heavy atom. The lowest BCUT2D eigenvalue weighted by atomic mass is 9.94. The molecule has 3 rings (SSSR count). The predicted molar refractivity (Wildman–Crippen MR) is 86.8 cm³/mol. The van der Waals surface area contributed by atoms with Crippen LogP contribution in [0.5, 0.6) is 0 Å². The molecule has 0 aliphatic heterocycles. The number of rotatable bonds is 5. The second-order valence-electron chi connectivity index (χ2n) is 5.65. The number of benzene rings is 1. The summed E-state index contributed by atoms with van der Waals surface area (Å²) >= 11 is 0. The van der Waals surface area contributed by atoms with Gasteiger partial charge in [0.2, 0.25) is 5.91 Å². The molecule has 1 atom stereocenters. The fraction of sp³-hybridized carbons (Fsp3) is 0.333. The van der Waals surface area contributed by atoms with Crippen LogP contribution in [0.15, 0.2) is 54.9 Å². The van der Waals surface area contributed by atoms with Gasteiger partial charge in [0.05, 0.1) is 11.9 Å². The molecule has 1 N–H and O–H groups in total. The Kier molecular flexibility index (Phi) is 4.68. The van der Waals surface area contributed by atoms with Crippen molar-refractivity contribution in [2.24, 2.45) is 5.92 Å². The Morgan fingerprint density at radius 3 is 2.91 bits per heavy atom. The normalized spacial score (nSPS) is 17.4. The fourth-order valence-electron chi connectivity index (χ4n) is 2.72. The lowest BCUT2D eigenvalue weighted by Crippen LogP contribution is -2.32. The molecule has 1 amide bonds. The third-order valence-corrected chi connectivity index (χ3v) is 4.01. The number of allylic oxidation sites excluding steroid dienone is 2. The van der Waals surface area contributed by atoms with Crippen LogP contribution in [-0.4, -0.2) is 22.2 Å². The molecule has 1 aliphatic rings. The van der Waals surface area contributed by atoms with Crippen LogP contribution in [0.3, 0.4) is 0 Å². The van der Waals surface area contributed by atoms with Gasteiger partial charge in [-0.25, -0.2) is 4.68 Å². The number of carbonyl (C=O) groups excluding carboxylic acids is 1. The van der Waals surface area contributed by atoms with Gasteiger partial charge >= 0.3 is 0 Å². The van der Waals surface area contributed by atoms with E-state index in [0.717, 1.165) is 36.9 Å². The van der Waals surface area contributed by atoms with Crippen LogP contribution in [0.1, 0.15) is 24.8 Å². The first-order valence-electron chi connectivity index (χ1n) is 7.84. The number of para-hydroxylation sites is 1. The predicted octanol–water partition coefficient (Wildman–Crippen LogP) is 2.89. The van der Waals surface area contributed by atoms with Crippen LogP contribution in [-0.2, 0) is 11.2 Å². The van der Waals surface area contributed by atoms with E-state index in [1.54, 1.807) is 0 Å². The minimum Gasteiger partial charge on any atom is -0.356 e. The molecule has 1 aromatic heterocycles. The maximum absolute atomic E-state index is 12.0. The monoisotopic (exact) mass is 295 g/mol. The molecule has 4 nitrogen and oxygen atoms in total. The molecule has 22 heavy (non-hydrogen) atoms. The van der Waals surface area contributed by atoms with E-state index in [1.807, 2.05) is 47.4 Å². The van der Waals surface area contributed by atoms with Gasteiger partial charge in [-0.2, -0.15) is 5.10 Å². The number of hydrogen-bond acceptors (Lipinski definition) is 2. The molecule has 1 heterocycles. The summed E-state index contributed by atoms with van der Waals surface area (Å²) in [6.07, 6.45) is 11.8. The quantitative estimate of drug-likeness (QED) is 0.862. The molecule has 2 aromatic rings. The van der Waals surface area contributed by atoms with E-state index in [4.69, 9.17) is 0 Å². The fourth-order valence-corrected chi connectivity index (χ4v) is 2.72. The van der Waals surface area contributed by atoms with Crippen molar-refractivity contribution < 1.29 is 4.79 Å². The van der Waals surface area contributed by atoms with Gasteiger partial charge in [0.1, 0.15) is 0 Å². The van der Waals surface area contributed by atoms with E-state index in [0.29, 0.717) is 6.54 Å².